The maximum absolute atomic E-state index is 13.3. The van der Waals surface area contributed by atoms with Gasteiger partial charge in [0.15, 0.2) is 17.0 Å². The number of carbonyl (C=O) groups is 2. The molecular formula is C19H15ClN2O5. The Morgan fingerprint density at radius 1 is 1.11 bits per heavy atom. The van der Waals surface area contributed by atoms with Gasteiger partial charge in [-0.1, -0.05) is 29.8 Å². The number of halogens is 1. The molecule has 3 heterocycles. The lowest BCUT2D eigenvalue weighted by Crippen LogP contribution is -2.47. The molecule has 3 aliphatic rings. The molecule has 0 radical (unpaired) electrons. The average molecular weight is 387 g/mol. The van der Waals surface area contributed by atoms with E-state index in [-0.39, 0.29) is 19.2 Å². The summed E-state index contributed by atoms with van der Waals surface area (Å²) in [6.07, 6.45) is 0.382. The summed E-state index contributed by atoms with van der Waals surface area (Å²) in [6.45, 7) is 0.542. The smallest absolute Gasteiger partial charge is 0.325 e. The zero-order valence-electron chi connectivity index (χ0n) is 14.2. The SMILES string of the molecule is O=C1N[C@@]2(CCOc3ccccc32)C(=O)N1Cc1cc(Cl)c2c(c1)OCO2. The van der Waals surface area contributed by atoms with E-state index < -0.39 is 11.6 Å². The molecule has 1 atom stereocenters. The predicted octanol–water partition coefficient (Wildman–Crippen LogP) is 2.80. The number of rotatable bonds is 2. The van der Waals surface area contributed by atoms with Gasteiger partial charge in [-0.25, -0.2) is 4.79 Å². The third kappa shape index (κ3) is 2.35. The highest BCUT2D eigenvalue weighted by Gasteiger charge is 2.54. The van der Waals surface area contributed by atoms with Crippen LogP contribution in [0.2, 0.25) is 5.02 Å². The maximum atomic E-state index is 13.3. The Bertz CT molecular complexity index is 979. The molecule has 0 saturated carbocycles. The van der Waals surface area contributed by atoms with Gasteiger partial charge in [-0.15, -0.1) is 0 Å². The number of carbonyl (C=O) groups excluding carboxylic acids is 2. The van der Waals surface area contributed by atoms with Crippen LogP contribution in [0.5, 0.6) is 17.2 Å². The second-order valence-corrected chi connectivity index (χ2v) is 7.04. The molecule has 3 aliphatic heterocycles. The van der Waals surface area contributed by atoms with E-state index in [2.05, 4.69) is 5.32 Å². The zero-order chi connectivity index (χ0) is 18.6. The van der Waals surface area contributed by atoms with Gasteiger partial charge in [0.25, 0.3) is 5.91 Å². The van der Waals surface area contributed by atoms with Gasteiger partial charge in [-0.05, 0) is 23.8 Å². The van der Waals surface area contributed by atoms with Gasteiger partial charge in [0.05, 0.1) is 18.2 Å². The number of benzene rings is 2. The molecule has 1 saturated heterocycles. The standard InChI is InChI=1S/C19H15ClN2O5/c20-13-7-11(8-15-16(13)27-10-26-15)9-22-17(23)19(21-18(22)24)5-6-25-14-4-2-1-3-12(14)19/h1-4,7-8H,5-6,9-10H2,(H,21,24)/t19-/m1/s1. The van der Waals surface area contributed by atoms with Crippen molar-refractivity contribution in [1.82, 2.24) is 10.2 Å². The van der Waals surface area contributed by atoms with Gasteiger partial charge in [0, 0.05) is 12.0 Å². The molecule has 1 N–H and O–H groups in total. The second kappa shape index (κ2) is 5.79. The first kappa shape index (κ1) is 16.3. The first-order valence-corrected chi connectivity index (χ1v) is 8.91. The Hall–Kier alpha value is -2.93. The molecule has 1 fully saturated rings. The van der Waals surface area contributed by atoms with Gasteiger partial charge >= 0.3 is 6.03 Å². The molecule has 2 aromatic rings. The van der Waals surface area contributed by atoms with Crippen molar-refractivity contribution in [3.05, 3.63) is 52.5 Å². The molecule has 0 unspecified atom stereocenters. The van der Waals surface area contributed by atoms with E-state index in [1.54, 1.807) is 18.2 Å². The van der Waals surface area contributed by atoms with Crippen molar-refractivity contribution in [2.24, 2.45) is 0 Å². The predicted molar refractivity (Wildman–Crippen MR) is 94.9 cm³/mol. The molecule has 0 aromatic heterocycles. The van der Waals surface area contributed by atoms with Gasteiger partial charge in [-0.3, -0.25) is 9.69 Å². The maximum Gasteiger partial charge on any atom is 0.325 e. The lowest BCUT2D eigenvalue weighted by atomic mass is 9.84. The molecule has 27 heavy (non-hydrogen) atoms. The second-order valence-electron chi connectivity index (χ2n) is 6.63. The van der Waals surface area contributed by atoms with Gasteiger partial charge < -0.3 is 19.5 Å². The fraction of sp³-hybridized carbons (Fsp3) is 0.263. The number of urea groups is 1. The van der Waals surface area contributed by atoms with Crippen LogP contribution in [0.25, 0.3) is 0 Å². The number of ether oxygens (including phenoxy) is 3. The molecule has 7 nitrogen and oxygen atoms in total. The Morgan fingerprint density at radius 3 is 2.85 bits per heavy atom. The highest BCUT2D eigenvalue weighted by molar-refractivity contribution is 6.32. The van der Waals surface area contributed by atoms with Crippen molar-refractivity contribution in [2.75, 3.05) is 13.4 Å². The summed E-state index contributed by atoms with van der Waals surface area (Å²) in [5.74, 6) is 1.31. The van der Waals surface area contributed by atoms with Crippen LogP contribution in [0.3, 0.4) is 0 Å². The van der Waals surface area contributed by atoms with E-state index in [1.165, 1.54) is 4.90 Å². The fourth-order valence-corrected chi connectivity index (χ4v) is 4.10. The van der Waals surface area contributed by atoms with Crippen molar-refractivity contribution in [2.45, 2.75) is 18.5 Å². The Labute approximate surface area is 159 Å². The molecule has 3 amide bonds. The summed E-state index contributed by atoms with van der Waals surface area (Å²) in [7, 11) is 0. The number of imide groups is 1. The molecule has 1 spiro atoms. The molecule has 0 bridgehead atoms. The Balaban J connectivity index is 1.49. The van der Waals surface area contributed by atoms with Crippen molar-refractivity contribution >= 4 is 23.5 Å². The fourth-order valence-electron chi connectivity index (χ4n) is 3.81. The van der Waals surface area contributed by atoms with E-state index in [1.807, 2.05) is 18.2 Å². The van der Waals surface area contributed by atoms with Crippen LogP contribution in [-0.4, -0.2) is 30.2 Å². The third-order valence-electron chi connectivity index (χ3n) is 5.08. The van der Waals surface area contributed by atoms with Crippen LogP contribution in [0.1, 0.15) is 17.5 Å². The number of para-hydroxylation sites is 1. The highest BCUT2D eigenvalue weighted by atomic mass is 35.5. The minimum Gasteiger partial charge on any atom is -0.493 e. The van der Waals surface area contributed by atoms with Crippen molar-refractivity contribution in [3.8, 4) is 17.2 Å². The van der Waals surface area contributed by atoms with Crippen LogP contribution in [0, 0.1) is 0 Å². The van der Waals surface area contributed by atoms with E-state index in [9.17, 15) is 9.59 Å². The van der Waals surface area contributed by atoms with Crippen LogP contribution in [0.4, 0.5) is 4.79 Å². The first-order valence-electron chi connectivity index (χ1n) is 8.53. The minimum absolute atomic E-state index is 0.0891. The molecule has 138 valence electrons. The van der Waals surface area contributed by atoms with Crippen LogP contribution < -0.4 is 19.5 Å². The summed E-state index contributed by atoms with van der Waals surface area (Å²) in [5.41, 5.74) is 0.275. The van der Waals surface area contributed by atoms with Crippen LogP contribution >= 0.6 is 11.6 Å². The summed E-state index contributed by atoms with van der Waals surface area (Å²) < 4.78 is 16.3. The first-order chi connectivity index (χ1) is 13.1. The molecule has 5 rings (SSSR count). The number of hydrogen-bond donors (Lipinski definition) is 1. The van der Waals surface area contributed by atoms with Crippen molar-refractivity contribution < 1.29 is 23.8 Å². The Morgan fingerprint density at radius 2 is 1.96 bits per heavy atom. The summed E-state index contributed by atoms with van der Waals surface area (Å²) in [4.78, 5) is 27.1. The number of nitrogens with zero attached hydrogens (tertiary/aromatic N) is 1. The lowest BCUT2D eigenvalue weighted by Gasteiger charge is -2.33. The molecule has 8 heteroatoms. The minimum atomic E-state index is -1.09. The quantitative estimate of drug-likeness (QED) is 0.803. The third-order valence-corrected chi connectivity index (χ3v) is 5.37. The zero-order valence-corrected chi connectivity index (χ0v) is 14.9. The van der Waals surface area contributed by atoms with E-state index in [0.717, 1.165) is 0 Å². The largest absolute Gasteiger partial charge is 0.493 e. The molecular weight excluding hydrogens is 372 g/mol. The summed E-state index contributed by atoms with van der Waals surface area (Å²) in [5, 5.41) is 3.27. The van der Waals surface area contributed by atoms with Crippen molar-refractivity contribution in [3.63, 3.8) is 0 Å². The van der Waals surface area contributed by atoms with Crippen molar-refractivity contribution in [1.29, 1.82) is 0 Å². The van der Waals surface area contributed by atoms with E-state index >= 15 is 0 Å². The number of fused-ring (bicyclic) bond motifs is 3. The van der Waals surface area contributed by atoms with Crippen LogP contribution in [0.15, 0.2) is 36.4 Å². The monoisotopic (exact) mass is 386 g/mol. The number of nitrogens with one attached hydrogen (secondary N) is 1. The topological polar surface area (TPSA) is 77.1 Å². The number of amides is 3. The molecule has 0 aliphatic carbocycles. The van der Waals surface area contributed by atoms with E-state index in [4.69, 9.17) is 25.8 Å². The highest BCUT2D eigenvalue weighted by Crippen LogP contribution is 2.43. The normalized spacial score (nSPS) is 22.6. The van der Waals surface area contributed by atoms with Gasteiger partial charge in [0.1, 0.15) is 5.75 Å². The van der Waals surface area contributed by atoms with Crippen LogP contribution in [-0.2, 0) is 16.9 Å². The summed E-state index contributed by atoms with van der Waals surface area (Å²) in [6, 6.07) is 10.3. The van der Waals surface area contributed by atoms with E-state index in [0.29, 0.717) is 46.4 Å². The average Bonchev–Trinajstić information content (AvgIpc) is 3.22. The summed E-state index contributed by atoms with van der Waals surface area (Å²) >= 11 is 6.22. The van der Waals surface area contributed by atoms with Gasteiger partial charge in [0.2, 0.25) is 6.79 Å². The number of hydrogen-bond acceptors (Lipinski definition) is 5. The Kier molecular flexibility index (Phi) is 3.48. The van der Waals surface area contributed by atoms with Gasteiger partial charge in [-0.2, -0.15) is 0 Å². The molecule has 2 aromatic carbocycles. The lowest BCUT2D eigenvalue weighted by molar-refractivity contribution is -0.133.